The van der Waals surface area contributed by atoms with Crippen LogP contribution in [0.25, 0.3) is 33.1 Å². The molecule has 4 N–H and O–H groups in total. The third-order valence-corrected chi connectivity index (χ3v) is 6.51. The Bertz CT molecular complexity index is 1580. The molecule has 1 saturated heterocycles. The van der Waals surface area contributed by atoms with Gasteiger partial charge in [-0.2, -0.15) is 0 Å². The van der Waals surface area contributed by atoms with E-state index < -0.39 is 24.6 Å². The number of pyridine rings is 2. The Morgan fingerprint density at radius 3 is 2.89 bits per heavy atom. The zero-order valence-corrected chi connectivity index (χ0v) is 19.8. The van der Waals surface area contributed by atoms with Crippen molar-refractivity contribution in [2.45, 2.75) is 24.6 Å². The van der Waals surface area contributed by atoms with Crippen LogP contribution in [0.4, 0.5) is 16.0 Å². The first-order valence-corrected chi connectivity index (χ1v) is 11.7. The number of hydrogen-bond acceptors (Lipinski definition) is 9. The largest absolute Gasteiger partial charge is 0.491 e. The lowest BCUT2D eigenvalue weighted by atomic mass is 10.1. The molecular weight excluding hydrogens is 477 g/mol. The molecule has 6 rings (SSSR count). The zero-order valence-electron chi connectivity index (χ0n) is 19.8. The number of nitrogens with two attached hydrogens (primary N) is 1. The van der Waals surface area contributed by atoms with E-state index in [1.54, 1.807) is 48.4 Å². The first-order chi connectivity index (χ1) is 18.0. The van der Waals surface area contributed by atoms with E-state index in [0.717, 1.165) is 22.3 Å². The van der Waals surface area contributed by atoms with E-state index in [0.29, 0.717) is 22.3 Å². The van der Waals surface area contributed by atoms with Gasteiger partial charge >= 0.3 is 0 Å². The monoisotopic (exact) mass is 501 g/mol. The third kappa shape index (κ3) is 4.07. The van der Waals surface area contributed by atoms with Gasteiger partial charge in [-0.15, -0.1) is 0 Å². The lowest BCUT2D eigenvalue weighted by Gasteiger charge is -2.17. The number of aromatic nitrogens is 5. The molecule has 11 heteroatoms. The van der Waals surface area contributed by atoms with E-state index in [9.17, 15) is 5.11 Å². The lowest BCUT2D eigenvalue weighted by molar-refractivity contribution is -0.0410. The Hall–Kier alpha value is -4.35. The van der Waals surface area contributed by atoms with Gasteiger partial charge in [-0.05, 0) is 30.3 Å². The molecule has 0 aliphatic carbocycles. The number of benzene rings is 1. The van der Waals surface area contributed by atoms with Crippen LogP contribution < -0.4 is 15.8 Å². The summed E-state index contributed by atoms with van der Waals surface area (Å²) in [5.74, 6) is 1.52. The fourth-order valence-electron chi connectivity index (χ4n) is 4.61. The van der Waals surface area contributed by atoms with Gasteiger partial charge in [-0.3, -0.25) is 4.98 Å². The molecule has 0 saturated carbocycles. The van der Waals surface area contributed by atoms with Gasteiger partial charge < -0.3 is 30.2 Å². The van der Waals surface area contributed by atoms with E-state index in [4.69, 9.17) is 15.2 Å². The predicted octanol–water partition coefficient (Wildman–Crippen LogP) is 3.34. The molecule has 0 spiro atoms. The maximum absolute atomic E-state index is 15.4. The number of fused-ring (bicyclic) bond motifs is 2. The van der Waals surface area contributed by atoms with Gasteiger partial charge in [0, 0.05) is 48.2 Å². The Morgan fingerprint density at radius 2 is 2.08 bits per heavy atom. The van der Waals surface area contributed by atoms with Crippen molar-refractivity contribution in [3.8, 4) is 16.9 Å². The highest BCUT2D eigenvalue weighted by atomic mass is 19.1. The maximum Gasteiger partial charge on any atom is 0.173 e. The average Bonchev–Trinajstić information content (AvgIpc) is 3.45. The number of nitrogens with one attached hydrogen (secondary N) is 1. The van der Waals surface area contributed by atoms with E-state index >= 15 is 4.39 Å². The number of nitrogens with zero attached hydrogens (tertiary/aromatic N) is 5. The molecule has 4 atom stereocenters. The van der Waals surface area contributed by atoms with Crippen LogP contribution in [0.1, 0.15) is 6.23 Å². The molecule has 0 amide bonds. The van der Waals surface area contributed by atoms with Crippen molar-refractivity contribution in [3.63, 3.8) is 0 Å². The predicted molar refractivity (Wildman–Crippen MR) is 137 cm³/mol. The highest BCUT2D eigenvalue weighted by Gasteiger charge is 2.46. The summed E-state index contributed by atoms with van der Waals surface area (Å²) in [5, 5.41) is 15.2. The second-order valence-electron chi connectivity index (χ2n) is 8.76. The van der Waals surface area contributed by atoms with Crippen molar-refractivity contribution < 1.29 is 19.0 Å². The molecule has 5 aromatic rings. The summed E-state index contributed by atoms with van der Waals surface area (Å²) in [4.78, 5) is 17.1. The normalized spacial score (nSPS) is 21.5. The molecule has 5 heterocycles. The molecular formula is C26H24FN7O3. The summed E-state index contributed by atoms with van der Waals surface area (Å²) in [6.07, 6.45) is 1.18. The van der Waals surface area contributed by atoms with Crippen molar-refractivity contribution >= 4 is 33.6 Å². The summed E-state index contributed by atoms with van der Waals surface area (Å²) in [6.45, 7) is -0.0545. The van der Waals surface area contributed by atoms with Crippen molar-refractivity contribution in [2.75, 3.05) is 24.7 Å². The third-order valence-electron chi connectivity index (χ3n) is 6.51. The molecule has 1 aliphatic heterocycles. The first kappa shape index (κ1) is 23.1. The second-order valence-corrected chi connectivity index (χ2v) is 8.76. The van der Waals surface area contributed by atoms with E-state index in [-0.39, 0.29) is 12.4 Å². The van der Waals surface area contributed by atoms with Gasteiger partial charge in [0.15, 0.2) is 12.4 Å². The maximum atomic E-state index is 15.4. The molecule has 0 radical (unpaired) electrons. The fourth-order valence-corrected chi connectivity index (χ4v) is 4.61. The van der Waals surface area contributed by atoms with Gasteiger partial charge in [0.05, 0.1) is 10.9 Å². The van der Waals surface area contributed by atoms with Gasteiger partial charge in [-0.25, -0.2) is 19.3 Å². The standard InChI is InChI=1S/C26H24FN7O3/c1-29-20-7-5-14-4-6-16(9-18(14)33-20)36-12-19-23(35)22(27)26(37-19)34-11-17(15-3-2-8-30-10-15)21-24(28)31-13-32-25(21)34/h2-11,13,19,22-23,26,35H,12H2,1H3,(H,29,33)(H2,28,31,32)/t19-,22+,23-,26-/m1/s1. The summed E-state index contributed by atoms with van der Waals surface area (Å²) in [7, 11) is 1.80. The number of halogens is 1. The Kier molecular flexibility index (Phi) is 5.78. The van der Waals surface area contributed by atoms with Gasteiger partial charge in [-0.1, -0.05) is 6.07 Å². The smallest absolute Gasteiger partial charge is 0.173 e. The average molecular weight is 502 g/mol. The summed E-state index contributed by atoms with van der Waals surface area (Å²) < 4.78 is 28.8. The summed E-state index contributed by atoms with van der Waals surface area (Å²) in [6, 6.07) is 13.0. The van der Waals surface area contributed by atoms with E-state index in [1.165, 1.54) is 6.33 Å². The van der Waals surface area contributed by atoms with Crippen LogP contribution in [-0.4, -0.2) is 61.6 Å². The minimum absolute atomic E-state index is 0.0545. The topological polar surface area (TPSA) is 133 Å². The number of hydrogen-bond donors (Lipinski definition) is 3. The molecule has 37 heavy (non-hydrogen) atoms. The quantitative estimate of drug-likeness (QED) is 0.320. The Balaban J connectivity index is 1.27. The number of rotatable bonds is 6. The molecule has 0 unspecified atom stereocenters. The Labute approximate surface area is 210 Å². The molecule has 0 bridgehead atoms. The van der Waals surface area contributed by atoms with Crippen LogP contribution in [0.2, 0.25) is 0 Å². The molecule has 4 aromatic heterocycles. The van der Waals surface area contributed by atoms with Crippen molar-refractivity contribution in [2.24, 2.45) is 0 Å². The molecule has 188 valence electrons. The van der Waals surface area contributed by atoms with Crippen LogP contribution in [0.15, 0.2) is 67.4 Å². The number of nitrogen functional groups attached to an aromatic ring is 1. The highest BCUT2D eigenvalue weighted by Crippen LogP contribution is 2.39. The van der Waals surface area contributed by atoms with Gasteiger partial charge in [0.2, 0.25) is 0 Å². The van der Waals surface area contributed by atoms with Crippen molar-refractivity contribution in [1.82, 2.24) is 24.5 Å². The van der Waals surface area contributed by atoms with E-state index in [1.807, 2.05) is 24.3 Å². The lowest BCUT2D eigenvalue weighted by Crippen LogP contribution is -2.32. The number of aliphatic hydroxyl groups is 1. The van der Waals surface area contributed by atoms with Crippen LogP contribution in [0, 0.1) is 0 Å². The summed E-state index contributed by atoms with van der Waals surface area (Å²) in [5.41, 5.74) is 8.77. The SMILES string of the molecule is CNc1ccc2ccc(OC[C@H]3O[C@@H](n4cc(-c5cccnc5)c5c(N)ncnc54)[C@@H](F)[C@@H]3O)cc2n1. The molecule has 10 nitrogen and oxygen atoms in total. The van der Waals surface area contributed by atoms with Gasteiger partial charge in [0.25, 0.3) is 0 Å². The Morgan fingerprint density at radius 1 is 1.22 bits per heavy atom. The molecule has 1 aromatic carbocycles. The van der Waals surface area contributed by atoms with Crippen molar-refractivity contribution in [3.05, 3.63) is 67.4 Å². The minimum Gasteiger partial charge on any atom is -0.491 e. The molecule has 1 aliphatic rings. The van der Waals surface area contributed by atoms with Gasteiger partial charge in [0.1, 0.15) is 48.2 Å². The van der Waals surface area contributed by atoms with Crippen LogP contribution >= 0.6 is 0 Å². The van der Waals surface area contributed by atoms with E-state index in [2.05, 4.69) is 25.3 Å². The number of alkyl halides is 1. The zero-order chi connectivity index (χ0) is 25.5. The highest BCUT2D eigenvalue weighted by molar-refractivity contribution is 6.00. The van der Waals surface area contributed by atoms with Crippen LogP contribution in [-0.2, 0) is 4.74 Å². The first-order valence-electron chi connectivity index (χ1n) is 11.7. The minimum atomic E-state index is -1.72. The number of anilines is 2. The van der Waals surface area contributed by atoms with Crippen LogP contribution in [0.3, 0.4) is 0 Å². The summed E-state index contributed by atoms with van der Waals surface area (Å²) >= 11 is 0. The van der Waals surface area contributed by atoms with Crippen LogP contribution in [0.5, 0.6) is 5.75 Å². The number of ether oxygens (including phenoxy) is 2. The fraction of sp³-hybridized carbons (Fsp3) is 0.231. The second kappa shape index (κ2) is 9.26. The molecule has 1 fully saturated rings. The van der Waals surface area contributed by atoms with Crippen molar-refractivity contribution in [1.29, 1.82) is 0 Å². The number of aliphatic hydroxyl groups excluding tert-OH is 1.